The van der Waals surface area contributed by atoms with Crippen LogP contribution in [0.2, 0.25) is 0 Å². The highest BCUT2D eigenvalue weighted by Gasteiger charge is 2.11. The molecule has 2 aromatic rings. The SMILES string of the molecule is COCC(C)Cc1nc2cc(C#N)ccc2n1C. The van der Waals surface area contributed by atoms with Gasteiger partial charge in [-0.05, 0) is 24.1 Å². The van der Waals surface area contributed by atoms with E-state index in [2.05, 4.69) is 22.5 Å². The summed E-state index contributed by atoms with van der Waals surface area (Å²) < 4.78 is 7.23. The van der Waals surface area contributed by atoms with Gasteiger partial charge in [0.15, 0.2) is 0 Å². The van der Waals surface area contributed by atoms with Gasteiger partial charge in [-0.15, -0.1) is 0 Å². The van der Waals surface area contributed by atoms with Gasteiger partial charge < -0.3 is 9.30 Å². The van der Waals surface area contributed by atoms with Crippen LogP contribution in [0.25, 0.3) is 11.0 Å². The summed E-state index contributed by atoms with van der Waals surface area (Å²) in [5.74, 6) is 1.46. The Kier molecular flexibility index (Phi) is 3.63. The molecule has 0 radical (unpaired) electrons. The molecule has 18 heavy (non-hydrogen) atoms. The van der Waals surface area contributed by atoms with Crippen LogP contribution in [-0.4, -0.2) is 23.3 Å². The lowest BCUT2D eigenvalue weighted by molar-refractivity contribution is 0.158. The molecule has 0 aliphatic rings. The van der Waals surface area contributed by atoms with Crippen LogP contribution in [0.15, 0.2) is 18.2 Å². The average molecular weight is 243 g/mol. The van der Waals surface area contributed by atoms with E-state index in [1.807, 2.05) is 25.2 Å². The van der Waals surface area contributed by atoms with Gasteiger partial charge in [0.25, 0.3) is 0 Å². The molecule has 94 valence electrons. The van der Waals surface area contributed by atoms with Crippen LogP contribution in [0.4, 0.5) is 0 Å². The molecular weight excluding hydrogens is 226 g/mol. The third-order valence-electron chi connectivity index (χ3n) is 3.08. The van der Waals surface area contributed by atoms with Gasteiger partial charge in [-0.25, -0.2) is 4.98 Å². The Morgan fingerprint density at radius 3 is 2.94 bits per heavy atom. The average Bonchev–Trinajstić information content (AvgIpc) is 2.66. The van der Waals surface area contributed by atoms with Crippen molar-refractivity contribution in [2.45, 2.75) is 13.3 Å². The Balaban J connectivity index is 2.35. The van der Waals surface area contributed by atoms with Gasteiger partial charge in [0, 0.05) is 27.2 Å². The van der Waals surface area contributed by atoms with Crippen molar-refractivity contribution >= 4 is 11.0 Å². The van der Waals surface area contributed by atoms with Crippen LogP contribution >= 0.6 is 0 Å². The highest BCUT2D eigenvalue weighted by Crippen LogP contribution is 2.18. The first-order valence-electron chi connectivity index (χ1n) is 6.00. The summed E-state index contributed by atoms with van der Waals surface area (Å²) in [7, 11) is 3.72. The molecule has 0 aliphatic carbocycles. The van der Waals surface area contributed by atoms with E-state index in [9.17, 15) is 0 Å². The van der Waals surface area contributed by atoms with Crippen molar-refractivity contribution in [1.29, 1.82) is 5.26 Å². The standard InChI is InChI=1S/C14H17N3O/c1-10(9-18-3)6-14-16-12-7-11(8-15)4-5-13(12)17(14)2/h4-5,7,10H,6,9H2,1-3H3. The Bertz CT molecular complexity index is 595. The normalized spacial score (nSPS) is 12.6. The number of fused-ring (bicyclic) bond motifs is 1. The number of rotatable bonds is 4. The van der Waals surface area contributed by atoms with Crippen molar-refractivity contribution in [3.05, 3.63) is 29.6 Å². The van der Waals surface area contributed by atoms with Crippen LogP contribution in [0.5, 0.6) is 0 Å². The first kappa shape index (κ1) is 12.6. The smallest absolute Gasteiger partial charge is 0.109 e. The minimum Gasteiger partial charge on any atom is -0.384 e. The predicted octanol–water partition coefficient (Wildman–Crippen LogP) is 2.27. The van der Waals surface area contributed by atoms with Gasteiger partial charge in [-0.3, -0.25) is 0 Å². The number of ether oxygens (including phenoxy) is 1. The highest BCUT2D eigenvalue weighted by molar-refractivity contribution is 5.77. The first-order chi connectivity index (χ1) is 8.65. The summed E-state index contributed by atoms with van der Waals surface area (Å²) >= 11 is 0. The number of hydrogen-bond donors (Lipinski definition) is 0. The largest absolute Gasteiger partial charge is 0.384 e. The van der Waals surface area contributed by atoms with E-state index >= 15 is 0 Å². The van der Waals surface area contributed by atoms with Gasteiger partial charge in [0.05, 0.1) is 22.7 Å². The Hall–Kier alpha value is -1.86. The molecule has 0 aliphatic heterocycles. The maximum absolute atomic E-state index is 8.89. The van der Waals surface area contributed by atoms with Crippen molar-refractivity contribution in [3.8, 4) is 6.07 Å². The molecule has 0 N–H and O–H groups in total. The predicted molar refractivity (Wildman–Crippen MR) is 70.2 cm³/mol. The fourth-order valence-corrected chi connectivity index (χ4v) is 2.16. The van der Waals surface area contributed by atoms with E-state index in [0.717, 1.165) is 29.9 Å². The summed E-state index contributed by atoms with van der Waals surface area (Å²) in [6.45, 7) is 2.87. The van der Waals surface area contributed by atoms with Gasteiger partial charge in [-0.1, -0.05) is 6.92 Å². The number of nitrogens with zero attached hydrogens (tertiary/aromatic N) is 3. The molecule has 4 heteroatoms. The van der Waals surface area contributed by atoms with E-state index < -0.39 is 0 Å². The molecule has 0 bridgehead atoms. The second kappa shape index (κ2) is 5.19. The monoisotopic (exact) mass is 243 g/mol. The van der Waals surface area contributed by atoms with Crippen molar-refractivity contribution in [1.82, 2.24) is 9.55 Å². The zero-order valence-electron chi connectivity index (χ0n) is 11.0. The van der Waals surface area contributed by atoms with Gasteiger partial charge in [0.1, 0.15) is 5.82 Å². The van der Waals surface area contributed by atoms with E-state index in [1.54, 1.807) is 7.11 Å². The Morgan fingerprint density at radius 1 is 1.50 bits per heavy atom. The zero-order valence-corrected chi connectivity index (χ0v) is 11.0. The molecule has 1 aromatic heterocycles. The van der Waals surface area contributed by atoms with Crippen LogP contribution in [0, 0.1) is 17.2 Å². The molecule has 4 nitrogen and oxygen atoms in total. The molecular formula is C14H17N3O. The third-order valence-corrected chi connectivity index (χ3v) is 3.08. The van der Waals surface area contributed by atoms with E-state index in [-0.39, 0.29) is 0 Å². The third kappa shape index (κ3) is 2.36. The fraction of sp³-hybridized carbons (Fsp3) is 0.429. The molecule has 0 fully saturated rings. The van der Waals surface area contributed by atoms with Crippen LogP contribution in [-0.2, 0) is 18.2 Å². The number of imidazole rings is 1. The van der Waals surface area contributed by atoms with Gasteiger partial charge >= 0.3 is 0 Å². The summed E-state index contributed by atoms with van der Waals surface area (Å²) in [5.41, 5.74) is 2.60. The summed E-state index contributed by atoms with van der Waals surface area (Å²) in [5, 5.41) is 8.89. The molecule has 2 rings (SSSR count). The lowest BCUT2D eigenvalue weighted by atomic mass is 10.1. The van der Waals surface area contributed by atoms with Crippen LogP contribution in [0.3, 0.4) is 0 Å². The molecule has 1 aromatic carbocycles. The number of methoxy groups -OCH3 is 1. The van der Waals surface area contributed by atoms with Crippen LogP contribution < -0.4 is 0 Å². The number of nitriles is 1. The van der Waals surface area contributed by atoms with E-state index in [0.29, 0.717) is 11.5 Å². The first-order valence-corrected chi connectivity index (χ1v) is 6.00. The highest BCUT2D eigenvalue weighted by atomic mass is 16.5. The van der Waals surface area contributed by atoms with Crippen molar-refractivity contribution < 1.29 is 4.74 Å². The maximum Gasteiger partial charge on any atom is 0.109 e. The summed E-state index contributed by atoms with van der Waals surface area (Å²) in [6.07, 6.45) is 0.876. The number of aromatic nitrogens is 2. The van der Waals surface area contributed by atoms with Crippen molar-refractivity contribution in [3.63, 3.8) is 0 Å². The topological polar surface area (TPSA) is 50.8 Å². The van der Waals surface area contributed by atoms with Gasteiger partial charge in [-0.2, -0.15) is 5.26 Å². The van der Waals surface area contributed by atoms with Crippen molar-refractivity contribution in [2.75, 3.05) is 13.7 Å². The molecule has 0 saturated carbocycles. The second-order valence-corrected chi connectivity index (χ2v) is 4.67. The number of benzene rings is 1. The minimum absolute atomic E-state index is 0.431. The maximum atomic E-state index is 8.89. The Labute approximate surface area is 107 Å². The lowest BCUT2D eigenvalue weighted by Crippen LogP contribution is -2.10. The van der Waals surface area contributed by atoms with Gasteiger partial charge in [0.2, 0.25) is 0 Å². The Morgan fingerprint density at radius 2 is 2.28 bits per heavy atom. The fourth-order valence-electron chi connectivity index (χ4n) is 2.16. The molecule has 1 atom stereocenters. The van der Waals surface area contributed by atoms with E-state index in [4.69, 9.17) is 10.00 Å². The zero-order chi connectivity index (χ0) is 13.1. The summed E-state index contributed by atoms with van der Waals surface area (Å²) in [6, 6.07) is 7.75. The molecule has 0 saturated heterocycles. The number of aryl methyl sites for hydroxylation is 1. The summed E-state index contributed by atoms with van der Waals surface area (Å²) in [4.78, 5) is 4.60. The van der Waals surface area contributed by atoms with Crippen LogP contribution in [0.1, 0.15) is 18.3 Å². The quantitative estimate of drug-likeness (QED) is 0.827. The molecule has 0 amide bonds. The number of hydrogen-bond acceptors (Lipinski definition) is 3. The molecule has 1 unspecified atom stereocenters. The molecule has 1 heterocycles. The van der Waals surface area contributed by atoms with E-state index in [1.165, 1.54) is 0 Å². The minimum atomic E-state index is 0.431. The second-order valence-electron chi connectivity index (χ2n) is 4.67. The van der Waals surface area contributed by atoms with Crippen molar-refractivity contribution in [2.24, 2.45) is 13.0 Å². The molecule has 0 spiro atoms. The lowest BCUT2D eigenvalue weighted by Gasteiger charge is -2.09.